The van der Waals surface area contributed by atoms with Crippen molar-refractivity contribution in [3.63, 3.8) is 0 Å². The maximum absolute atomic E-state index is 12.3. The molecule has 3 aromatic carbocycles. The Hall–Kier alpha value is -3.67. The number of ether oxygens (including phenoxy) is 4. The van der Waals surface area contributed by atoms with Crippen molar-refractivity contribution in [2.45, 2.75) is 19.6 Å². The minimum absolute atomic E-state index is 0.0964. The molecule has 0 fully saturated rings. The van der Waals surface area contributed by atoms with Crippen molar-refractivity contribution in [3.05, 3.63) is 83.9 Å². The Morgan fingerprint density at radius 1 is 0.839 bits per heavy atom. The van der Waals surface area contributed by atoms with Crippen LogP contribution in [0.15, 0.2) is 72.8 Å². The van der Waals surface area contributed by atoms with Crippen LogP contribution in [0.4, 0.5) is 0 Å². The average Bonchev–Trinajstić information content (AvgIpc) is 2.82. The topological polar surface area (TPSA) is 66.0 Å². The van der Waals surface area contributed by atoms with E-state index in [-0.39, 0.29) is 18.6 Å². The first-order valence-corrected chi connectivity index (χ1v) is 10.00. The summed E-state index contributed by atoms with van der Waals surface area (Å²) in [5.41, 5.74) is 1.93. The summed E-state index contributed by atoms with van der Waals surface area (Å²) in [6.45, 7) is 2.28. The van der Waals surface area contributed by atoms with Gasteiger partial charge in [0.1, 0.15) is 29.6 Å². The molecule has 3 rings (SSSR count). The normalized spacial score (nSPS) is 11.3. The molecule has 3 aromatic rings. The fourth-order valence-electron chi connectivity index (χ4n) is 3.06. The standard InChI is InChI=1S/C25H27NO5/c1-18(23-15-22(28-2)13-14-24(23)29-3)26-25(27)17-31-21-11-9-20(10-12-21)30-16-19-7-5-4-6-8-19/h4-15,18H,16-17H2,1-3H3,(H,26,27)/t18-/m1/s1. The van der Waals surface area contributed by atoms with Crippen molar-refractivity contribution in [1.82, 2.24) is 5.32 Å². The molecule has 6 nitrogen and oxygen atoms in total. The number of rotatable bonds is 10. The zero-order chi connectivity index (χ0) is 22.1. The van der Waals surface area contributed by atoms with Crippen LogP contribution in [-0.4, -0.2) is 26.7 Å². The van der Waals surface area contributed by atoms with Crippen molar-refractivity contribution in [2.24, 2.45) is 0 Å². The summed E-state index contributed by atoms with van der Waals surface area (Å²) in [5, 5.41) is 2.92. The van der Waals surface area contributed by atoms with Crippen molar-refractivity contribution >= 4 is 5.91 Å². The van der Waals surface area contributed by atoms with E-state index < -0.39 is 0 Å². The van der Waals surface area contributed by atoms with Gasteiger partial charge in [-0.05, 0) is 55.0 Å². The molecule has 0 radical (unpaired) electrons. The number of carbonyl (C=O) groups excluding carboxylic acids is 1. The van der Waals surface area contributed by atoms with Gasteiger partial charge in [-0.1, -0.05) is 30.3 Å². The average molecular weight is 421 g/mol. The van der Waals surface area contributed by atoms with Crippen LogP contribution in [0.5, 0.6) is 23.0 Å². The van der Waals surface area contributed by atoms with Crippen LogP contribution in [0.3, 0.4) is 0 Å². The Kier molecular flexibility index (Phi) is 7.76. The van der Waals surface area contributed by atoms with Crippen molar-refractivity contribution in [3.8, 4) is 23.0 Å². The monoisotopic (exact) mass is 421 g/mol. The lowest BCUT2D eigenvalue weighted by atomic mass is 10.1. The molecule has 0 saturated heterocycles. The van der Waals surface area contributed by atoms with Crippen LogP contribution in [-0.2, 0) is 11.4 Å². The van der Waals surface area contributed by atoms with Gasteiger partial charge in [0, 0.05) is 5.56 Å². The summed E-state index contributed by atoms with van der Waals surface area (Å²) in [5.74, 6) is 2.47. The van der Waals surface area contributed by atoms with Crippen LogP contribution in [0.1, 0.15) is 24.1 Å². The Balaban J connectivity index is 1.49. The van der Waals surface area contributed by atoms with Crippen molar-refractivity contribution in [1.29, 1.82) is 0 Å². The highest BCUT2D eigenvalue weighted by atomic mass is 16.5. The molecule has 0 aliphatic heterocycles. The van der Waals surface area contributed by atoms with Crippen LogP contribution in [0.2, 0.25) is 0 Å². The molecule has 1 atom stereocenters. The second kappa shape index (κ2) is 10.9. The summed E-state index contributed by atoms with van der Waals surface area (Å²) in [6.07, 6.45) is 0. The maximum atomic E-state index is 12.3. The first-order chi connectivity index (χ1) is 15.1. The van der Waals surface area contributed by atoms with E-state index in [2.05, 4.69) is 5.32 Å². The number of carbonyl (C=O) groups is 1. The molecule has 0 unspecified atom stereocenters. The quantitative estimate of drug-likeness (QED) is 0.521. The molecule has 31 heavy (non-hydrogen) atoms. The van der Waals surface area contributed by atoms with Crippen LogP contribution in [0.25, 0.3) is 0 Å². The van der Waals surface area contributed by atoms with Gasteiger partial charge >= 0.3 is 0 Å². The summed E-state index contributed by atoms with van der Waals surface area (Å²) in [4.78, 5) is 12.3. The first kappa shape index (κ1) is 22.0. The van der Waals surface area contributed by atoms with Gasteiger partial charge in [0.2, 0.25) is 0 Å². The highest BCUT2D eigenvalue weighted by Gasteiger charge is 2.15. The SMILES string of the molecule is COc1ccc(OC)c([C@@H](C)NC(=O)COc2ccc(OCc3ccccc3)cc2)c1. The predicted molar refractivity (Wildman–Crippen MR) is 119 cm³/mol. The maximum Gasteiger partial charge on any atom is 0.258 e. The Bertz CT molecular complexity index is 973. The van der Waals surface area contributed by atoms with Gasteiger partial charge in [-0.3, -0.25) is 4.79 Å². The molecule has 1 N–H and O–H groups in total. The van der Waals surface area contributed by atoms with Gasteiger partial charge < -0.3 is 24.3 Å². The summed E-state index contributed by atoms with van der Waals surface area (Å²) < 4.78 is 22.0. The highest BCUT2D eigenvalue weighted by Crippen LogP contribution is 2.29. The summed E-state index contributed by atoms with van der Waals surface area (Å²) >= 11 is 0. The third-order valence-corrected chi connectivity index (χ3v) is 4.72. The Labute approximate surface area is 182 Å². The number of methoxy groups -OCH3 is 2. The molecule has 0 aromatic heterocycles. The molecular formula is C25H27NO5. The summed E-state index contributed by atoms with van der Waals surface area (Å²) in [7, 11) is 3.19. The third kappa shape index (κ3) is 6.40. The molecule has 0 heterocycles. The van der Waals surface area contributed by atoms with Crippen molar-refractivity contribution < 1.29 is 23.7 Å². The lowest BCUT2D eigenvalue weighted by Crippen LogP contribution is -2.31. The molecule has 0 aliphatic carbocycles. The second-order valence-corrected chi connectivity index (χ2v) is 6.93. The van der Waals surface area contributed by atoms with Crippen molar-refractivity contribution in [2.75, 3.05) is 20.8 Å². The van der Waals surface area contributed by atoms with E-state index in [4.69, 9.17) is 18.9 Å². The summed E-state index contributed by atoms with van der Waals surface area (Å²) in [6, 6.07) is 22.4. The van der Waals surface area contributed by atoms with E-state index in [9.17, 15) is 4.79 Å². The molecule has 6 heteroatoms. The van der Waals surface area contributed by atoms with Gasteiger partial charge in [0.25, 0.3) is 5.91 Å². The van der Waals surface area contributed by atoms with E-state index in [1.165, 1.54) is 0 Å². The van der Waals surface area contributed by atoms with E-state index >= 15 is 0 Å². The van der Waals surface area contributed by atoms with Gasteiger partial charge in [-0.2, -0.15) is 0 Å². The second-order valence-electron chi connectivity index (χ2n) is 6.93. The van der Waals surface area contributed by atoms with Gasteiger partial charge in [0.05, 0.1) is 20.3 Å². The first-order valence-electron chi connectivity index (χ1n) is 10.00. The Morgan fingerprint density at radius 3 is 2.13 bits per heavy atom. The van der Waals surface area contributed by atoms with Gasteiger partial charge in [-0.15, -0.1) is 0 Å². The minimum atomic E-state index is -0.269. The minimum Gasteiger partial charge on any atom is -0.497 e. The molecule has 1 amide bonds. The number of amides is 1. The van der Waals surface area contributed by atoms with E-state index in [1.807, 2.05) is 67.6 Å². The zero-order valence-electron chi connectivity index (χ0n) is 18.0. The third-order valence-electron chi connectivity index (χ3n) is 4.72. The van der Waals surface area contributed by atoms with Gasteiger partial charge in [0.15, 0.2) is 6.61 Å². The van der Waals surface area contributed by atoms with Crippen LogP contribution >= 0.6 is 0 Å². The van der Waals surface area contributed by atoms with E-state index in [1.54, 1.807) is 26.4 Å². The molecule has 0 saturated carbocycles. The van der Waals surface area contributed by atoms with E-state index in [0.29, 0.717) is 23.9 Å². The van der Waals surface area contributed by atoms with Crippen LogP contribution < -0.4 is 24.3 Å². The molecule has 162 valence electrons. The Morgan fingerprint density at radius 2 is 1.48 bits per heavy atom. The smallest absolute Gasteiger partial charge is 0.258 e. The van der Waals surface area contributed by atoms with Crippen LogP contribution in [0, 0.1) is 0 Å². The molecule has 0 bridgehead atoms. The fourth-order valence-corrected chi connectivity index (χ4v) is 3.06. The lowest BCUT2D eigenvalue weighted by molar-refractivity contribution is -0.123. The highest BCUT2D eigenvalue weighted by molar-refractivity contribution is 5.78. The fraction of sp³-hybridized carbons (Fsp3) is 0.240. The zero-order valence-corrected chi connectivity index (χ0v) is 18.0. The molecule has 0 spiro atoms. The molecular weight excluding hydrogens is 394 g/mol. The largest absolute Gasteiger partial charge is 0.497 e. The molecule has 0 aliphatic rings. The van der Waals surface area contributed by atoms with Gasteiger partial charge in [-0.25, -0.2) is 0 Å². The van der Waals surface area contributed by atoms with E-state index in [0.717, 1.165) is 16.9 Å². The number of benzene rings is 3. The number of hydrogen-bond acceptors (Lipinski definition) is 5. The predicted octanol–water partition coefficient (Wildman–Crippen LogP) is 4.54. The number of hydrogen-bond donors (Lipinski definition) is 1. The number of nitrogens with one attached hydrogen (secondary N) is 1. The lowest BCUT2D eigenvalue weighted by Gasteiger charge is -2.18.